The lowest BCUT2D eigenvalue weighted by atomic mass is 9.83. The molecule has 0 unspecified atom stereocenters. The Morgan fingerprint density at radius 2 is 0.672 bits per heavy atom. The normalized spacial score (nSPS) is 11.8. The van der Waals surface area contributed by atoms with Crippen molar-refractivity contribution >= 4 is 75.4 Å². The lowest BCUT2D eigenvalue weighted by Gasteiger charge is -2.20. The molecule has 58 heavy (non-hydrogen) atoms. The molecule has 268 valence electrons. The first-order chi connectivity index (χ1) is 28.8. The van der Waals surface area contributed by atoms with Crippen LogP contribution < -0.4 is 0 Å². The zero-order chi connectivity index (χ0) is 38.2. The Labute approximate surface area is 335 Å². The maximum absolute atomic E-state index is 5.38. The summed E-state index contributed by atoms with van der Waals surface area (Å²) in [6, 6.07) is 74.7. The minimum Gasteiger partial charge on any atom is -0.228 e. The molecule has 0 bridgehead atoms. The maximum atomic E-state index is 5.38. The van der Waals surface area contributed by atoms with E-state index in [1.54, 1.807) is 0 Å². The van der Waals surface area contributed by atoms with Crippen LogP contribution in [0.1, 0.15) is 0 Å². The van der Waals surface area contributed by atoms with Crippen LogP contribution in [-0.4, -0.2) is 9.97 Å². The first-order valence-corrected chi connectivity index (χ1v) is 19.9. The van der Waals surface area contributed by atoms with E-state index in [0.717, 1.165) is 38.9 Å². The predicted molar refractivity (Wildman–Crippen MR) is 246 cm³/mol. The van der Waals surface area contributed by atoms with E-state index in [-0.39, 0.29) is 0 Å². The molecule has 0 aliphatic heterocycles. The summed E-state index contributed by atoms with van der Waals surface area (Å²) < 4.78 is 0. The molecule has 0 fully saturated rings. The molecular formula is C56H34N2. The van der Waals surface area contributed by atoms with Gasteiger partial charge in [-0.05, 0) is 92.6 Å². The summed E-state index contributed by atoms with van der Waals surface area (Å²) in [5, 5.41) is 17.3. The van der Waals surface area contributed by atoms with E-state index in [4.69, 9.17) is 9.97 Å². The summed E-state index contributed by atoms with van der Waals surface area (Å²) in [4.78, 5) is 10.5. The topological polar surface area (TPSA) is 25.8 Å². The van der Waals surface area contributed by atoms with Gasteiger partial charge >= 0.3 is 0 Å². The van der Waals surface area contributed by atoms with Gasteiger partial charge in [0.1, 0.15) is 0 Å². The van der Waals surface area contributed by atoms with Crippen LogP contribution in [0.15, 0.2) is 206 Å². The molecule has 0 amide bonds. The van der Waals surface area contributed by atoms with Gasteiger partial charge < -0.3 is 0 Å². The summed E-state index contributed by atoms with van der Waals surface area (Å²) in [6.45, 7) is 0. The van der Waals surface area contributed by atoms with E-state index >= 15 is 0 Å². The van der Waals surface area contributed by atoms with Crippen LogP contribution >= 0.6 is 0 Å². The standard InChI is InChI=1S/C56H34N2/c1-3-16-35(17-4-1)49-34-50(58-56(57-49)38-18-5-2-6-19-38)55-46-26-11-9-24-43(46)54(44-25-10-12-27-47(44)55)48-31-15-30-45-42-29-14-21-37-33-32-36-20-13-28-40(51(36)52(37)42)39-22-7-8-23-41(39)53(45)48/h1-34H. The molecule has 11 aromatic carbocycles. The van der Waals surface area contributed by atoms with Gasteiger partial charge in [0.2, 0.25) is 0 Å². The van der Waals surface area contributed by atoms with E-state index in [2.05, 4.69) is 194 Å². The van der Waals surface area contributed by atoms with Gasteiger partial charge in [-0.1, -0.05) is 200 Å². The Balaban J connectivity index is 1.25. The first kappa shape index (κ1) is 32.6. The highest BCUT2D eigenvalue weighted by atomic mass is 14.9. The summed E-state index contributed by atoms with van der Waals surface area (Å²) in [5.41, 5.74) is 7.38. The van der Waals surface area contributed by atoms with Crippen molar-refractivity contribution < 1.29 is 0 Å². The average molecular weight is 735 g/mol. The van der Waals surface area contributed by atoms with Crippen LogP contribution in [0.3, 0.4) is 0 Å². The average Bonchev–Trinajstić information content (AvgIpc) is 3.30. The molecule has 2 heteroatoms. The van der Waals surface area contributed by atoms with Gasteiger partial charge in [-0.15, -0.1) is 0 Å². The van der Waals surface area contributed by atoms with Gasteiger partial charge in [0.05, 0.1) is 11.4 Å². The second-order valence-electron chi connectivity index (χ2n) is 15.2. The molecule has 1 heterocycles. The molecule has 2 nitrogen and oxygen atoms in total. The van der Waals surface area contributed by atoms with Crippen molar-refractivity contribution in [1.82, 2.24) is 9.97 Å². The smallest absolute Gasteiger partial charge is 0.160 e. The number of hydrogen-bond donors (Lipinski definition) is 0. The van der Waals surface area contributed by atoms with Crippen LogP contribution in [-0.2, 0) is 0 Å². The van der Waals surface area contributed by atoms with Crippen LogP contribution in [0.2, 0.25) is 0 Å². The Kier molecular flexibility index (Phi) is 7.26. The summed E-state index contributed by atoms with van der Waals surface area (Å²) >= 11 is 0. The first-order valence-electron chi connectivity index (χ1n) is 19.9. The fourth-order valence-corrected chi connectivity index (χ4v) is 9.56. The van der Waals surface area contributed by atoms with Gasteiger partial charge in [0.25, 0.3) is 0 Å². The lowest BCUT2D eigenvalue weighted by Crippen LogP contribution is -1.98. The summed E-state index contributed by atoms with van der Waals surface area (Å²) in [6.07, 6.45) is 0. The third-order valence-electron chi connectivity index (χ3n) is 12.0. The van der Waals surface area contributed by atoms with Crippen LogP contribution in [0, 0.1) is 0 Å². The number of benzene rings is 10. The Morgan fingerprint density at radius 1 is 0.259 bits per heavy atom. The molecule has 0 saturated carbocycles. The van der Waals surface area contributed by atoms with Crippen LogP contribution in [0.5, 0.6) is 0 Å². The highest BCUT2D eigenvalue weighted by Gasteiger charge is 2.22. The van der Waals surface area contributed by atoms with Crippen molar-refractivity contribution in [3.05, 3.63) is 206 Å². The van der Waals surface area contributed by atoms with Crippen molar-refractivity contribution in [2.45, 2.75) is 0 Å². The monoisotopic (exact) mass is 734 g/mol. The summed E-state index contributed by atoms with van der Waals surface area (Å²) in [5.74, 6) is 0.708. The second kappa shape index (κ2) is 12.9. The molecule has 0 spiro atoms. The molecule has 12 aromatic rings. The summed E-state index contributed by atoms with van der Waals surface area (Å²) in [7, 11) is 0. The lowest BCUT2D eigenvalue weighted by molar-refractivity contribution is 1.19. The molecule has 1 aromatic heterocycles. The largest absolute Gasteiger partial charge is 0.228 e. The van der Waals surface area contributed by atoms with Crippen molar-refractivity contribution in [1.29, 1.82) is 0 Å². The fourth-order valence-electron chi connectivity index (χ4n) is 9.56. The minimum absolute atomic E-state index is 0.708. The highest BCUT2D eigenvalue weighted by molar-refractivity contribution is 6.35. The predicted octanol–water partition coefficient (Wildman–Crippen LogP) is 15.2. The van der Waals surface area contributed by atoms with E-state index < -0.39 is 0 Å². The molecule has 0 aliphatic rings. The van der Waals surface area contributed by atoms with Crippen LogP contribution in [0.4, 0.5) is 0 Å². The van der Waals surface area contributed by atoms with E-state index in [0.29, 0.717) is 5.82 Å². The van der Waals surface area contributed by atoms with Gasteiger partial charge in [-0.25, -0.2) is 9.97 Å². The van der Waals surface area contributed by atoms with E-state index in [9.17, 15) is 0 Å². The Hall–Kier alpha value is -7.68. The van der Waals surface area contributed by atoms with Gasteiger partial charge in [0, 0.05) is 16.7 Å². The number of rotatable bonds is 4. The van der Waals surface area contributed by atoms with Crippen molar-refractivity contribution in [3.8, 4) is 45.0 Å². The zero-order valence-electron chi connectivity index (χ0n) is 31.5. The van der Waals surface area contributed by atoms with Crippen LogP contribution in [0.25, 0.3) is 120 Å². The van der Waals surface area contributed by atoms with E-state index in [1.807, 2.05) is 12.1 Å². The Morgan fingerprint density at radius 3 is 1.28 bits per heavy atom. The molecule has 0 saturated heterocycles. The van der Waals surface area contributed by atoms with Gasteiger partial charge in [0.15, 0.2) is 5.82 Å². The van der Waals surface area contributed by atoms with E-state index in [1.165, 1.54) is 75.8 Å². The molecule has 0 radical (unpaired) electrons. The SMILES string of the molecule is c1ccc(-c2cc(-c3c4ccccc4c(-c4cccc5c6cccc7ccc8cccc(c9ccccc9c45)c8c76)c4ccccc34)nc(-c3ccccc3)n2)cc1. The minimum atomic E-state index is 0.708. The molecule has 0 aliphatic carbocycles. The zero-order valence-corrected chi connectivity index (χ0v) is 31.5. The number of nitrogens with zero attached hydrogens (tertiary/aromatic N) is 2. The number of hydrogen-bond acceptors (Lipinski definition) is 2. The molecular weight excluding hydrogens is 701 g/mol. The molecule has 12 rings (SSSR count). The quantitative estimate of drug-likeness (QED) is 0.133. The molecule has 0 atom stereocenters. The third-order valence-corrected chi connectivity index (χ3v) is 12.0. The number of aromatic nitrogens is 2. The number of fused-ring (bicyclic) bond motifs is 7. The van der Waals surface area contributed by atoms with Gasteiger partial charge in [-0.3, -0.25) is 0 Å². The highest BCUT2D eigenvalue weighted by Crippen LogP contribution is 2.48. The van der Waals surface area contributed by atoms with Crippen molar-refractivity contribution in [2.75, 3.05) is 0 Å². The second-order valence-corrected chi connectivity index (χ2v) is 15.2. The molecule has 0 N–H and O–H groups in total. The maximum Gasteiger partial charge on any atom is 0.160 e. The van der Waals surface area contributed by atoms with Crippen molar-refractivity contribution in [2.24, 2.45) is 0 Å². The third kappa shape index (κ3) is 4.92. The van der Waals surface area contributed by atoms with Gasteiger partial charge in [-0.2, -0.15) is 0 Å². The Bertz CT molecular complexity index is 3490. The fraction of sp³-hybridized carbons (Fsp3) is 0. The van der Waals surface area contributed by atoms with Crippen molar-refractivity contribution in [3.63, 3.8) is 0 Å².